The molecule has 100 valence electrons. The summed E-state index contributed by atoms with van der Waals surface area (Å²) in [7, 11) is 1.62. The summed E-state index contributed by atoms with van der Waals surface area (Å²) in [6, 6.07) is 8.81. The van der Waals surface area contributed by atoms with Crippen molar-refractivity contribution in [2.24, 2.45) is 0 Å². The molecule has 0 aliphatic heterocycles. The topological polar surface area (TPSA) is 34.1 Å². The average Bonchev–Trinajstić information content (AvgIpc) is 2.37. The van der Waals surface area contributed by atoms with E-state index in [1.807, 2.05) is 32.0 Å². The molecule has 19 heavy (non-hydrogen) atoms. The Morgan fingerprint density at radius 1 is 1.21 bits per heavy atom. The fourth-order valence-electron chi connectivity index (χ4n) is 1.86. The lowest BCUT2D eigenvalue weighted by Gasteiger charge is -2.09. The van der Waals surface area contributed by atoms with Crippen LogP contribution in [0, 0.1) is 19.7 Å². The molecule has 0 fully saturated rings. The molecule has 1 aromatic heterocycles. The molecule has 0 bridgehead atoms. The standard InChI is InChI=1S/C15H17FN2O/c1-10-4-5-15(14(16)6-10)17-9-12-8-13(19-3)7-11(2)18-12/h4-8,17H,9H2,1-3H3. The van der Waals surface area contributed by atoms with Crippen LogP contribution >= 0.6 is 0 Å². The number of hydrogen-bond donors (Lipinski definition) is 1. The predicted octanol–water partition coefficient (Wildman–Crippen LogP) is 3.46. The SMILES string of the molecule is COc1cc(C)nc(CNc2ccc(C)cc2F)c1. The third kappa shape index (κ3) is 3.44. The average molecular weight is 260 g/mol. The van der Waals surface area contributed by atoms with Gasteiger partial charge in [0.25, 0.3) is 0 Å². The summed E-state index contributed by atoms with van der Waals surface area (Å²) in [4.78, 5) is 4.38. The van der Waals surface area contributed by atoms with Crippen LogP contribution in [-0.4, -0.2) is 12.1 Å². The van der Waals surface area contributed by atoms with Crippen LogP contribution in [0.5, 0.6) is 5.75 Å². The molecule has 0 amide bonds. The molecule has 4 heteroatoms. The second kappa shape index (κ2) is 5.69. The monoisotopic (exact) mass is 260 g/mol. The number of pyridine rings is 1. The van der Waals surface area contributed by atoms with E-state index in [0.717, 1.165) is 22.7 Å². The molecule has 0 saturated heterocycles. The minimum Gasteiger partial charge on any atom is -0.497 e. The van der Waals surface area contributed by atoms with Gasteiger partial charge in [0.1, 0.15) is 11.6 Å². The zero-order valence-electron chi connectivity index (χ0n) is 11.3. The number of hydrogen-bond acceptors (Lipinski definition) is 3. The van der Waals surface area contributed by atoms with Gasteiger partial charge < -0.3 is 10.1 Å². The van der Waals surface area contributed by atoms with Gasteiger partial charge in [-0.3, -0.25) is 4.98 Å². The molecule has 0 spiro atoms. The normalized spacial score (nSPS) is 10.3. The molecule has 0 radical (unpaired) electrons. The van der Waals surface area contributed by atoms with Crippen molar-refractivity contribution in [3.8, 4) is 5.75 Å². The van der Waals surface area contributed by atoms with Crippen molar-refractivity contribution in [1.29, 1.82) is 0 Å². The summed E-state index contributed by atoms with van der Waals surface area (Å²) in [6.07, 6.45) is 0. The van der Waals surface area contributed by atoms with E-state index in [-0.39, 0.29) is 5.82 Å². The highest BCUT2D eigenvalue weighted by molar-refractivity contribution is 5.46. The first-order valence-electron chi connectivity index (χ1n) is 6.10. The maximum absolute atomic E-state index is 13.7. The van der Waals surface area contributed by atoms with E-state index in [1.54, 1.807) is 13.2 Å². The second-order valence-electron chi connectivity index (χ2n) is 4.48. The Morgan fingerprint density at radius 2 is 2.00 bits per heavy atom. The molecule has 2 aromatic rings. The Hall–Kier alpha value is -2.10. The van der Waals surface area contributed by atoms with E-state index in [0.29, 0.717) is 12.2 Å². The van der Waals surface area contributed by atoms with Gasteiger partial charge in [0.2, 0.25) is 0 Å². The fraction of sp³-hybridized carbons (Fsp3) is 0.267. The van der Waals surface area contributed by atoms with Gasteiger partial charge in [0, 0.05) is 17.8 Å². The third-order valence-corrected chi connectivity index (χ3v) is 2.80. The van der Waals surface area contributed by atoms with Gasteiger partial charge in [-0.2, -0.15) is 0 Å². The summed E-state index contributed by atoms with van der Waals surface area (Å²) < 4.78 is 18.9. The first-order chi connectivity index (χ1) is 9.08. The largest absolute Gasteiger partial charge is 0.497 e. The molecule has 0 unspecified atom stereocenters. The molecule has 0 atom stereocenters. The number of anilines is 1. The van der Waals surface area contributed by atoms with Crippen molar-refractivity contribution >= 4 is 5.69 Å². The van der Waals surface area contributed by atoms with E-state index in [2.05, 4.69) is 10.3 Å². The molecule has 0 aliphatic carbocycles. The first kappa shape index (κ1) is 13.3. The van der Waals surface area contributed by atoms with Crippen LogP contribution in [0.2, 0.25) is 0 Å². The van der Waals surface area contributed by atoms with Crippen LogP contribution in [0.15, 0.2) is 30.3 Å². The van der Waals surface area contributed by atoms with Gasteiger partial charge in [-0.1, -0.05) is 6.07 Å². The van der Waals surface area contributed by atoms with Crippen LogP contribution in [0.25, 0.3) is 0 Å². The molecule has 1 aromatic carbocycles. The van der Waals surface area contributed by atoms with E-state index >= 15 is 0 Å². The molecule has 1 N–H and O–H groups in total. The lowest BCUT2D eigenvalue weighted by Crippen LogP contribution is -2.04. The number of methoxy groups -OCH3 is 1. The van der Waals surface area contributed by atoms with Crippen LogP contribution in [-0.2, 0) is 6.54 Å². The fourth-order valence-corrected chi connectivity index (χ4v) is 1.86. The summed E-state index contributed by atoms with van der Waals surface area (Å²) in [5.74, 6) is 0.508. The van der Waals surface area contributed by atoms with Crippen molar-refractivity contribution < 1.29 is 9.13 Å². The number of nitrogens with zero attached hydrogens (tertiary/aromatic N) is 1. The Labute approximate surface area is 112 Å². The minimum absolute atomic E-state index is 0.250. The zero-order valence-corrected chi connectivity index (χ0v) is 11.3. The molecule has 1 heterocycles. The summed E-state index contributed by atoms with van der Waals surface area (Å²) in [5.41, 5.74) is 3.07. The van der Waals surface area contributed by atoms with E-state index < -0.39 is 0 Å². The van der Waals surface area contributed by atoms with E-state index in [1.165, 1.54) is 6.07 Å². The zero-order chi connectivity index (χ0) is 13.8. The van der Waals surface area contributed by atoms with Gasteiger partial charge in [-0.25, -0.2) is 4.39 Å². The Bertz CT molecular complexity index is 584. The van der Waals surface area contributed by atoms with Crippen molar-refractivity contribution in [1.82, 2.24) is 4.98 Å². The van der Waals surface area contributed by atoms with Gasteiger partial charge in [-0.15, -0.1) is 0 Å². The number of halogens is 1. The highest BCUT2D eigenvalue weighted by atomic mass is 19.1. The van der Waals surface area contributed by atoms with Gasteiger partial charge in [-0.05, 0) is 31.5 Å². The van der Waals surface area contributed by atoms with Crippen LogP contribution in [0.1, 0.15) is 17.0 Å². The quantitative estimate of drug-likeness (QED) is 0.914. The van der Waals surface area contributed by atoms with Crippen LogP contribution in [0.3, 0.4) is 0 Å². The smallest absolute Gasteiger partial charge is 0.146 e. The minimum atomic E-state index is -0.250. The number of nitrogens with one attached hydrogen (secondary N) is 1. The molecule has 2 rings (SSSR count). The number of ether oxygens (including phenoxy) is 1. The number of aryl methyl sites for hydroxylation is 2. The first-order valence-corrected chi connectivity index (χ1v) is 6.10. The Morgan fingerprint density at radius 3 is 2.68 bits per heavy atom. The van der Waals surface area contributed by atoms with Crippen molar-refractivity contribution in [3.05, 3.63) is 53.1 Å². The summed E-state index contributed by atoms with van der Waals surface area (Å²) in [5, 5.41) is 3.04. The summed E-state index contributed by atoms with van der Waals surface area (Å²) >= 11 is 0. The highest BCUT2D eigenvalue weighted by Gasteiger charge is 2.04. The van der Waals surface area contributed by atoms with Crippen molar-refractivity contribution in [2.75, 3.05) is 12.4 Å². The Kier molecular flexibility index (Phi) is 4.00. The maximum Gasteiger partial charge on any atom is 0.146 e. The van der Waals surface area contributed by atoms with Gasteiger partial charge in [0.05, 0.1) is 25.0 Å². The highest BCUT2D eigenvalue weighted by Crippen LogP contribution is 2.18. The lowest BCUT2D eigenvalue weighted by molar-refractivity contribution is 0.413. The summed E-state index contributed by atoms with van der Waals surface area (Å²) in [6.45, 7) is 4.22. The van der Waals surface area contributed by atoms with Crippen molar-refractivity contribution in [3.63, 3.8) is 0 Å². The molecule has 0 aliphatic rings. The number of rotatable bonds is 4. The second-order valence-corrected chi connectivity index (χ2v) is 4.48. The maximum atomic E-state index is 13.7. The van der Waals surface area contributed by atoms with Crippen LogP contribution < -0.4 is 10.1 Å². The third-order valence-electron chi connectivity index (χ3n) is 2.80. The predicted molar refractivity (Wildman–Crippen MR) is 74.0 cm³/mol. The number of benzene rings is 1. The Balaban J connectivity index is 2.12. The number of aromatic nitrogens is 1. The molecular weight excluding hydrogens is 243 g/mol. The molecule has 3 nitrogen and oxygen atoms in total. The van der Waals surface area contributed by atoms with Gasteiger partial charge in [0.15, 0.2) is 0 Å². The van der Waals surface area contributed by atoms with Crippen LogP contribution in [0.4, 0.5) is 10.1 Å². The van der Waals surface area contributed by atoms with Crippen molar-refractivity contribution in [2.45, 2.75) is 20.4 Å². The van der Waals surface area contributed by atoms with E-state index in [4.69, 9.17) is 4.74 Å². The molecule has 0 saturated carbocycles. The molecular formula is C15H17FN2O. The van der Waals surface area contributed by atoms with E-state index in [9.17, 15) is 4.39 Å². The van der Waals surface area contributed by atoms with Gasteiger partial charge >= 0.3 is 0 Å². The lowest BCUT2D eigenvalue weighted by atomic mass is 10.2.